The monoisotopic (exact) mass is 486 g/mol. The fourth-order valence-electron chi connectivity index (χ4n) is 3.72. The van der Waals surface area contributed by atoms with Crippen LogP contribution in [0.3, 0.4) is 0 Å². The van der Waals surface area contributed by atoms with Crippen molar-refractivity contribution in [1.82, 2.24) is 19.5 Å². The Morgan fingerprint density at radius 2 is 1.97 bits per heavy atom. The normalized spacial score (nSPS) is 15.5. The van der Waals surface area contributed by atoms with Gasteiger partial charge in [0.05, 0.1) is 16.6 Å². The van der Waals surface area contributed by atoms with Gasteiger partial charge in [0, 0.05) is 67.3 Å². The zero-order valence-corrected chi connectivity index (χ0v) is 18.8. The number of carbonyl (C=O) groups excluding carboxylic acids is 1. The molecule has 0 atom stereocenters. The summed E-state index contributed by atoms with van der Waals surface area (Å²) in [5.74, 6) is 0.150. The first-order valence-corrected chi connectivity index (χ1v) is 10.2. The number of ether oxygens (including phenoxy) is 1. The number of aromatic nitrogens is 3. The molecule has 0 radical (unpaired) electrons. The third kappa shape index (κ3) is 4.65. The SMILES string of the molecule is CC(C)(C)OC(=O)N1CCC(c2cc(=O)[nH]c3c4c(Br)cccc4nn23)CC1.[Ar]. The molecule has 1 saturated heterocycles. The average Bonchev–Trinajstić information content (AvgIpc) is 2.99. The second kappa shape index (κ2) is 8.57. The maximum Gasteiger partial charge on any atom is 0.410 e. The molecule has 1 amide bonds. The molecule has 7 nitrogen and oxygen atoms in total. The van der Waals surface area contributed by atoms with E-state index in [-0.39, 0.29) is 55.3 Å². The van der Waals surface area contributed by atoms with Crippen LogP contribution in [0, 0.1) is 37.7 Å². The molecule has 0 bridgehead atoms. The van der Waals surface area contributed by atoms with Gasteiger partial charge in [0.2, 0.25) is 0 Å². The van der Waals surface area contributed by atoms with Crippen LogP contribution in [0.5, 0.6) is 0 Å². The third-order valence-corrected chi connectivity index (χ3v) is 5.64. The Labute approximate surface area is 206 Å². The van der Waals surface area contributed by atoms with E-state index in [1.807, 2.05) is 43.5 Å². The molecule has 0 saturated carbocycles. The Hall–Kier alpha value is -1.09. The Morgan fingerprint density at radius 1 is 1.28 bits per heavy atom. The largest absolute Gasteiger partial charge is 0.444 e. The molecule has 1 N–H and O–H groups in total. The van der Waals surface area contributed by atoms with E-state index in [1.165, 1.54) is 0 Å². The van der Waals surface area contributed by atoms with Gasteiger partial charge in [0.1, 0.15) is 11.2 Å². The molecule has 3 heterocycles. The topological polar surface area (TPSA) is 79.7 Å². The van der Waals surface area contributed by atoms with Gasteiger partial charge in [-0.2, -0.15) is 5.10 Å². The van der Waals surface area contributed by atoms with Crippen molar-refractivity contribution in [1.29, 1.82) is 0 Å². The Kier molecular flexibility index (Phi) is 6.68. The summed E-state index contributed by atoms with van der Waals surface area (Å²) in [7, 11) is 0. The molecule has 3 aromatic rings. The second-order valence-corrected chi connectivity index (χ2v) is 9.05. The van der Waals surface area contributed by atoms with Crippen molar-refractivity contribution >= 4 is 38.6 Å². The number of benzene rings is 1. The van der Waals surface area contributed by atoms with Crippen LogP contribution in [0.2, 0.25) is 0 Å². The molecule has 4 rings (SSSR count). The van der Waals surface area contributed by atoms with Gasteiger partial charge in [0.15, 0.2) is 0 Å². The van der Waals surface area contributed by atoms with Crippen molar-refractivity contribution < 1.29 is 47.3 Å². The number of hydrogen-bond donors (Lipinski definition) is 1. The quantitative estimate of drug-likeness (QED) is 0.562. The molecule has 1 aliphatic rings. The van der Waals surface area contributed by atoms with Crippen molar-refractivity contribution in [2.24, 2.45) is 0 Å². The van der Waals surface area contributed by atoms with E-state index in [2.05, 4.69) is 20.9 Å². The van der Waals surface area contributed by atoms with Crippen LogP contribution in [0.25, 0.3) is 16.6 Å². The smallest absolute Gasteiger partial charge is 0.410 e. The summed E-state index contributed by atoms with van der Waals surface area (Å²) < 4.78 is 8.20. The summed E-state index contributed by atoms with van der Waals surface area (Å²) in [4.78, 5) is 29.3. The fourth-order valence-corrected chi connectivity index (χ4v) is 4.26. The van der Waals surface area contributed by atoms with Gasteiger partial charge in [-0.1, -0.05) is 6.07 Å². The van der Waals surface area contributed by atoms with Gasteiger partial charge in [-0.05, 0) is 61.7 Å². The number of rotatable bonds is 1. The first-order chi connectivity index (χ1) is 13.2. The van der Waals surface area contributed by atoms with Crippen molar-refractivity contribution in [3.63, 3.8) is 0 Å². The first-order valence-electron chi connectivity index (χ1n) is 9.41. The molecule has 9 heteroatoms. The van der Waals surface area contributed by atoms with E-state index in [4.69, 9.17) is 9.84 Å². The maximum atomic E-state index is 12.3. The summed E-state index contributed by atoms with van der Waals surface area (Å²) >= 11 is 3.56. The number of piperidine rings is 1. The van der Waals surface area contributed by atoms with E-state index >= 15 is 0 Å². The van der Waals surface area contributed by atoms with E-state index in [0.717, 1.165) is 33.9 Å². The Balaban J connectivity index is 0.00000240. The summed E-state index contributed by atoms with van der Waals surface area (Å²) in [6, 6.07) is 7.42. The number of nitrogens with zero attached hydrogens (tertiary/aromatic N) is 3. The molecule has 1 aliphatic heterocycles. The zero-order valence-electron chi connectivity index (χ0n) is 16.5. The molecule has 29 heavy (non-hydrogen) atoms. The van der Waals surface area contributed by atoms with Crippen LogP contribution >= 0.6 is 15.9 Å². The van der Waals surface area contributed by atoms with Crippen LogP contribution in [-0.4, -0.2) is 44.3 Å². The number of likely N-dealkylation sites (tertiary alicyclic amines) is 1. The number of halogens is 1. The van der Waals surface area contributed by atoms with Gasteiger partial charge in [-0.25, -0.2) is 9.31 Å². The van der Waals surface area contributed by atoms with Crippen molar-refractivity contribution in [3.05, 3.63) is 44.8 Å². The molecule has 0 unspecified atom stereocenters. The second-order valence-electron chi connectivity index (χ2n) is 8.19. The summed E-state index contributed by atoms with van der Waals surface area (Å²) in [6.07, 6.45) is 1.24. The molecule has 156 valence electrons. The molecular weight excluding hydrogens is 464 g/mol. The van der Waals surface area contributed by atoms with Crippen LogP contribution in [-0.2, 0) is 4.74 Å². The molecule has 1 aromatic carbocycles. The minimum absolute atomic E-state index is 0. The summed E-state index contributed by atoms with van der Waals surface area (Å²) in [6.45, 7) is 6.79. The number of fused-ring (bicyclic) bond motifs is 3. The summed E-state index contributed by atoms with van der Waals surface area (Å²) in [5, 5.41) is 5.60. The fraction of sp³-hybridized carbons (Fsp3) is 0.450. The minimum Gasteiger partial charge on any atom is -0.444 e. The van der Waals surface area contributed by atoms with Crippen molar-refractivity contribution in [2.45, 2.75) is 45.1 Å². The zero-order chi connectivity index (χ0) is 20.1. The predicted octanol–water partition coefficient (Wildman–Crippen LogP) is 4.05. The summed E-state index contributed by atoms with van der Waals surface area (Å²) in [5.41, 5.74) is 1.75. The number of carbonyl (C=O) groups is 1. The molecular formula is C20H23ArBrN4O3. The van der Waals surface area contributed by atoms with Crippen LogP contribution in [0.4, 0.5) is 4.79 Å². The number of aromatic amines is 1. The van der Waals surface area contributed by atoms with E-state index in [0.29, 0.717) is 18.7 Å². The van der Waals surface area contributed by atoms with Gasteiger partial charge in [-0.3, -0.25) is 4.79 Å². The average molecular weight is 487 g/mol. The minimum atomic E-state index is -0.505. The number of nitrogens with one attached hydrogen (secondary N) is 1. The Bertz CT molecular complexity index is 1110. The molecule has 2 aromatic heterocycles. The number of H-pyrrole nitrogens is 1. The third-order valence-electron chi connectivity index (χ3n) is 4.98. The van der Waals surface area contributed by atoms with Crippen LogP contribution in [0.15, 0.2) is 33.5 Å². The van der Waals surface area contributed by atoms with Crippen LogP contribution < -0.4 is 5.56 Å². The van der Waals surface area contributed by atoms with Gasteiger partial charge in [-0.15, -0.1) is 0 Å². The number of hydrogen-bond acceptors (Lipinski definition) is 4. The molecule has 0 aliphatic carbocycles. The van der Waals surface area contributed by atoms with Crippen molar-refractivity contribution in [2.75, 3.05) is 13.1 Å². The molecule has 1 fully saturated rings. The van der Waals surface area contributed by atoms with Gasteiger partial charge >= 0.3 is 6.09 Å². The maximum absolute atomic E-state index is 12.3. The van der Waals surface area contributed by atoms with Crippen LogP contribution in [0.1, 0.15) is 45.2 Å². The predicted molar refractivity (Wildman–Crippen MR) is 111 cm³/mol. The van der Waals surface area contributed by atoms with Gasteiger partial charge in [0.25, 0.3) is 5.56 Å². The Morgan fingerprint density at radius 3 is 2.62 bits per heavy atom. The van der Waals surface area contributed by atoms with E-state index in [1.54, 1.807) is 11.0 Å². The van der Waals surface area contributed by atoms with Crippen molar-refractivity contribution in [3.8, 4) is 0 Å². The number of amides is 1. The van der Waals surface area contributed by atoms with E-state index in [9.17, 15) is 9.59 Å². The van der Waals surface area contributed by atoms with Gasteiger partial charge < -0.3 is 14.6 Å². The standard InChI is InChI=1S/C20H23BrN4O3.Ar/c1-20(2,3)28-19(27)24-9-7-12(8-10-24)15-11-16(26)22-18-17-13(21)5-4-6-14(17)23-25(15)18;/h4-6,11-12H,7-10H2,1-3H3,(H,22,26);. The first kappa shape index (κ1) is 22.6. The molecule has 0 spiro atoms. The van der Waals surface area contributed by atoms with E-state index < -0.39 is 5.60 Å².